The van der Waals surface area contributed by atoms with E-state index in [0.29, 0.717) is 34.0 Å². The zero-order valence-electron chi connectivity index (χ0n) is 28.3. The van der Waals surface area contributed by atoms with Crippen LogP contribution in [0.15, 0.2) is 41.3 Å². The standard InChI is InChI=1S/C35H46BClO8S/c1-20-23-16-25(20)35(8)27(17-23)44-36(45-35)28(37)18-22-12-15-26(46-19-21-10-13-24(40-9)14-11-21)29(31(38)42-33(2,3)4)30(22)41-32(39)43-34(5,6)7/h10-15,20,23,25,27-28H,16-19H2,1-9H3/t20?,23-,25-,27+,28+,35-/m0/s1. The van der Waals surface area contributed by atoms with Gasteiger partial charge in [-0.15, -0.1) is 23.4 Å². The first-order valence-corrected chi connectivity index (χ1v) is 17.4. The largest absolute Gasteiger partial charge is 0.514 e. The molecular weight excluding hydrogens is 627 g/mol. The minimum absolute atomic E-state index is 0.00904. The van der Waals surface area contributed by atoms with Crippen LogP contribution in [0.25, 0.3) is 0 Å². The number of esters is 1. The molecule has 1 aliphatic heterocycles. The van der Waals surface area contributed by atoms with Gasteiger partial charge in [0.05, 0.1) is 24.1 Å². The van der Waals surface area contributed by atoms with Crippen LogP contribution in [0.2, 0.25) is 0 Å². The van der Waals surface area contributed by atoms with E-state index in [0.717, 1.165) is 24.2 Å². The van der Waals surface area contributed by atoms with E-state index < -0.39 is 35.7 Å². The summed E-state index contributed by atoms with van der Waals surface area (Å²) in [6, 6.07) is 11.4. The number of alkyl halides is 1. The summed E-state index contributed by atoms with van der Waals surface area (Å²) in [5, 5.41) is -0.611. The second-order valence-corrected chi connectivity index (χ2v) is 16.4. The molecule has 2 aromatic rings. The lowest BCUT2D eigenvalue weighted by molar-refractivity contribution is -0.151. The Morgan fingerprint density at radius 3 is 2.33 bits per heavy atom. The monoisotopic (exact) mass is 672 g/mol. The lowest BCUT2D eigenvalue weighted by Gasteiger charge is -2.58. The fraction of sp³-hybridized carbons (Fsp3) is 0.600. The molecular formula is C35H46BClO8S. The summed E-state index contributed by atoms with van der Waals surface area (Å²) in [6.45, 7) is 15.1. The third kappa shape index (κ3) is 7.66. The molecule has 250 valence electrons. The molecule has 2 bridgehead atoms. The number of methoxy groups -OCH3 is 1. The smallest absolute Gasteiger partial charge is 0.497 e. The molecule has 3 aliphatic carbocycles. The van der Waals surface area contributed by atoms with Gasteiger partial charge in [0.2, 0.25) is 0 Å². The van der Waals surface area contributed by atoms with E-state index in [4.69, 9.17) is 39.9 Å². The molecule has 11 heteroatoms. The van der Waals surface area contributed by atoms with Gasteiger partial charge in [-0.25, -0.2) is 9.59 Å². The van der Waals surface area contributed by atoms with Crippen molar-refractivity contribution in [3.8, 4) is 11.5 Å². The maximum Gasteiger partial charge on any atom is 0.514 e. The van der Waals surface area contributed by atoms with E-state index in [9.17, 15) is 9.59 Å². The Morgan fingerprint density at radius 2 is 1.72 bits per heavy atom. The minimum atomic E-state index is -0.928. The van der Waals surface area contributed by atoms with Gasteiger partial charge < -0.3 is 28.3 Å². The van der Waals surface area contributed by atoms with E-state index in [1.807, 2.05) is 36.4 Å². The third-order valence-electron chi connectivity index (χ3n) is 9.14. The van der Waals surface area contributed by atoms with Gasteiger partial charge in [-0.1, -0.05) is 25.1 Å². The highest BCUT2D eigenvalue weighted by Crippen LogP contribution is 2.59. The number of halogens is 1. The van der Waals surface area contributed by atoms with E-state index >= 15 is 0 Å². The van der Waals surface area contributed by atoms with E-state index in [2.05, 4.69) is 13.8 Å². The van der Waals surface area contributed by atoms with Crippen molar-refractivity contribution in [1.29, 1.82) is 0 Å². The highest BCUT2D eigenvalue weighted by molar-refractivity contribution is 7.98. The molecule has 0 amide bonds. The lowest BCUT2D eigenvalue weighted by atomic mass is 9.51. The first-order chi connectivity index (χ1) is 21.5. The number of hydrogen-bond acceptors (Lipinski definition) is 9. The normalized spacial score (nSPS) is 26.1. The fourth-order valence-electron chi connectivity index (χ4n) is 6.73. The predicted octanol–water partition coefficient (Wildman–Crippen LogP) is 8.28. The highest BCUT2D eigenvalue weighted by Gasteiger charge is 2.64. The summed E-state index contributed by atoms with van der Waals surface area (Å²) in [7, 11) is 0.976. The van der Waals surface area contributed by atoms with Gasteiger partial charge in [-0.3, -0.25) is 0 Å². The summed E-state index contributed by atoms with van der Waals surface area (Å²) in [5.41, 5.74) is -0.273. The number of benzene rings is 2. The average molecular weight is 673 g/mol. The predicted molar refractivity (Wildman–Crippen MR) is 180 cm³/mol. The summed E-state index contributed by atoms with van der Waals surface area (Å²) in [5.74, 6) is 2.46. The molecule has 4 aliphatic rings. The van der Waals surface area contributed by atoms with Gasteiger partial charge in [-0.2, -0.15) is 0 Å². The van der Waals surface area contributed by atoms with Gasteiger partial charge in [0.25, 0.3) is 0 Å². The van der Waals surface area contributed by atoms with E-state index in [-0.39, 0.29) is 29.4 Å². The van der Waals surface area contributed by atoms with Gasteiger partial charge >= 0.3 is 19.2 Å². The number of rotatable bonds is 9. The molecule has 46 heavy (non-hydrogen) atoms. The van der Waals surface area contributed by atoms with Crippen LogP contribution in [-0.2, 0) is 31.0 Å². The molecule has 8 nitrogen and oxygen atoms in total. The molecule has 0 spiro atoms. The van der Waals surface area contributed by atoms with Crippen LogP contribution in [0.5, 0.6) is 11.5 Å². The molecule has 1 saturated heterocycles. The maximum absolute atomic E-state index is 13.9. The van der Waals surface area contributed by atoms with Crippen molar-refractivity contribution in [3.05, 3.63) is 53.1 Å². The molecule has 2 aromatic carbocycles. The van der Waals surface area contributed by atoms with Crippen molar-refractivity contribution >= 4 is 42.6 Å². The molecule has 0 radical (unpaired) electrons. The molecule has 0 N–H and O–H groups in total. The SMILES string of the molecule is COc1ccc(CSc2ccc(C[C@@H](Cl)B3O[C@@H]4C[C@@H]5C[C@@H](C5C)[C@]4(C)O3)c(OC(=O)OC(C)(C)C)c2C(=O)OC(C)(C)C)cc1. The van der Waals surface area contributed by atoms with Crippen molar-refractivity contribution < 1.29 is 37.8 Å². The Kier molecular flexibility index (Phi) is 10.1. The molecule has 6 rings (SSSR count). The van der Waals surface area contributed by atoms with E-state index in [1.165, 1.54) is 11.8 Å². The zero-order chi connectivity index (χ0) is 33.6. The number of thioether (sulfide) groups is 1. The summed E-state index contributed by atoms with van der Waals surface area (Å²) in [6.07, 6.45) is 1.40. The molecule has 4 fully saturated rings. The number of carbonyl (C=O) groups is 2. The number of ether oxygens (including phenoxy) is 4. The number of carbonyl (C=O) groups excluding carboxylic acids is 2. The Bertz CT molecular complexity index is 1440. The van der Waals surface area contributed by atoms with Gasteiger partial charge in [0.15, 0.2) is 5.75 Å². The topological polar surface area (TPSA) is 89.5 Å². The van der Waals surface area contributed by atoms with Crippen LogP contribution < -0.4 is 9.47 Å². The Balaban J connectivity index is 1.47. The van der Waals surface area contributed by atoms with Crippen molar-refractivity contribution in [2.45, 2.75) is 113 Å². The molecule has 3 saturated carbocycles. The summed E-state index contributed by atoms with van der Waals surface area (Å²) >= 11 is 8.49. The van der Waals surface area contributed by atoms with Crippen molar-refractivity contribution in [3.63, 3.8) is 0 Å². The Morgan fingerprint density at radius 1 is 1.04 bits per heavy atom. The summed E-state index contributed by atoms with van der Waals surface area (Å²) in [4.78, 5) is 27.6. The quantitative estimate of drug-likeness (QED) is 0.0858. The third-order valence-corrected chi connectivity index (χ3v) is 10.6. The lowest BCUT2D eigenvalue weighted by Crippen LogP contribution is -2.60. The first-order valence-electron chi connectivity index (χ1n) is 16.0. The van der Waals surface area contributed by atoms with Gasteiger partial charge in [0, 0.05) is 10.6 Å². The van der Waals surface area contributed by atoms with Crippen LogP contribution >= 0.6 is 23.4 Å². The maximum atomic E-state index is 13.9. The average Bonchev–Trinajstić information content (AvgIpc) is 3.32. The van der Waals surface area contributed by atoms with Crippen LogP contribution in [0.1, 0.15) is 89.7 Å². The second kappa shape index (κ2) is 13.2. The molecule has 1 unspecified atom stereocenters. The van der Waals surface area contributed by atoms with Crippen LogP contribution in [0.4, 0.5) is 4.79 Å². The Labute approximate surface area is 282 Å². The van der Waals surface area contributed by atoms with Crippen LogP contribution in [0.3, 0.4) is 0 Å². The van der Waals surface area contributed by atoms with Crippen molar-refractivity contribution in [1.82, 2.24) is 0 Å². The van der Waals surface area contributed by atoms with Crippen molar-refractivity contribution in [2.24, 2.45) is 17.8 Å². The van der Waals surface area contributed by atoms with Gasteiger partial charge in [-0.05, 0) is 115 Å². The molecule has 6 atom stereocenters. The molecule has 0 aromatic heterocycles. The minimum Gasteiger partial charge on any atom is -0.497 e. The van der Waals surface area contributed by atoms with Crippen LogP contribution in [-0.4, -0.2) is 54.5 Å². The highest BCUT2D eigenvalue weighted by atomic mass is 35.5. The first kappa shape index (κ1) is 34.9. The number of hydrogen-bond donors (Lipinski definition) is 0. The van der Waals surface area contributed by atoms with Crippen LogP contribution in [0, 0.1) is 17.8 Å². The summed E-state index contributed by atoms with van der Waals surface area (Å²) < 4.78 is 35.5. The second-order valence-electron chi connectivity index (χ2n) is 14.8. The molecule has 1 heterocycles. The van der Waals surface area contributed by atoms with Gasteiger partial charge in [0.1, 0.15) is 22.5 Å². The zero-order valence-corrected chi connectivity index (χ0v) is 29.9. The van der Waals surface area contributed by atoms with E-state index in [1.54, 1.807) is 48.7 Å². The Hall–Kier alpha value is -2.40. The van der Waals surface area contributed by atoms with Crippen molar-refractivity contribution in [2.75, 3.05) is 7.11 Å². The fourth-order valence-corrected chi connectivity index (χ4v) is 8.00.